The van der Waals surface area contributed by atoms with E-state index in [0.717, 1.165) is 12.8 Å². The lowest BCUT2D eigenvalue weighted by molar-refractivity contribution is -0.117. The van der Waals surface area contributed by atoms with Crippen molar-refractivity contribution >= 4 is 11.6 Å². The summed E-state index contributed by atoms with van der Waals surface area (Å²) in [5.74, 6) is -0.416. The molecule has 1 fully saturated rings. The third kappa shape index (κ3) is 2.90. The molecule has 1 saturated carbocycles. The minimum absolute atomic E-state index is 0.0176. The van der Waals surface area contributed by atoms with Crippen LogP contribution in [0.4, 0.5) is 10.1 Å². The third-order valence-electron chi connectivity index (χ3n) is 3.36. The highest BCUT2D eigenvalue weighted by molar-refractivity contribution is 5.94. The van der Waals surface area contributed by atoms with Crippen molar-refractivity contribution in [2.75, 3.05) is 5.32 Å². The van der Waals surface area contributed by atoms with Crippen LogP contribution in [0.3, 0.4) is 0 Å². The third-order valence-corrected chi connectivity index (χ3v) is 3.36. The molecule has 21 heavy (non-hydrogen) atoms. The number of amides is 1. The number of rotatable bonds is 3. The summed E-state index contributed by atoms with van der Waals surface area (Å²) in [6.45, 7) is 0. The predicted molar refractivity (Wildman–Crippen MR) is 75.7 cm³/mol. The van der Waals surface area contributed by atoms with Gasteiger partial charge in [-0.1, -0.05) is 0 Å². The van der Waals surface area contributed by atoms with Gasteiger partial charge in [-0.05, 0) is 43.2 Å². The smallest absolute Gasteiger partial charge is 0.227 e. The topological polar surface area (TPSA) is 65.8 Å². The lowest BCUT2D eigenvalue weighted by atomic mass is 10.1. The van der Waals surface area contributed by atoms with Gasteiger partial charge in [0.15, 0.2) is 0 Å². The molecule has 2 aromatic rings. The molecule has 1 aliphatic rings. The van der Waals surface area contributed by atoms with Gasteiger partial charge in [-0.15, -0.1) is 0 Å². The largest absolute Gasteiger partial charge is 0.326 e. The average Bonchev–Trinajstić information content (AvgIpc) is 3.33. The van der Waals surface area contributed by atoms with E-state index >= 15 is 0 Å². The molecular formula is C16H12FN3O. The molecule has 0 aliphatic heterocycles. The van der Waals surface area contributed by atoms with Crippen molar-refractivity contribution in [1.29, 1.82) is 5.26 Å². The number of hydrogen-bond acceptors (Lipinski definition) is 3. The van der Waals surface area contributed by atoms with E-state index in [9.17, 15) is 9.18 Å². The Kier molecular flexibility index (Phi) is 3.36. The number of hydrogen-bond donors (Lipinski definition) is 1. The van der Waals surface area contributed by atoms with E-state index in [1.54, 1.807) is 30.5 Å². The van der Waals surface area contributed by atoms with Crippen LogP contribution in [0.1, 0.15) is 18.4 Å². The van der Waals surface area contributed by atoms with Crippen molar-refractivity contribution in [2.24, 2.45) is 5.92 Å². The van der Waals surface area contributed by atoms with E-state index in [4.69, 9.17) is 5.26 Å². The van der Waals surface area contributed by atoms with E-state index in [-0.39, 0.29) is 17.4 Å². The first kappa shape index (κ1) is 13.3. The quantitative estimate of drug-likeness (QED) is 0.940. The average molecular weight is 281 g/mol. The Bertz CT molecular complexity index is 747. The molecule has 5 heteroatoms. The molecule has 1 aliphatic carbocycles. The number of aromatic nitrogens is 1. The zero-order chi connectivity index (χ0) is 14.8. The number of nitriles is 1. The summed E-state index contributed by atoms with van der Waals surface area (Å²) in [4.78, 5) is 15.9. The van der Waals surface area contributed by atoms with Crippen molar-refractivity contribution in [2.45, 2.75) is 12.8 Å². The van der Waals surface area contributed by atoms with Crippen LogP contribution in [0.2, 0.25) is 0 Å². The van der Waals surface area contributed by atoms with Gasteiger partial charge in [-0.3, -0.25) is 9.78 Å². The minimum Gasteiger partial charge on any atom is -0.326 e. The molecule has 1 aromatic heterocycles. The second-order valence-electron chi connectivity index (χ2n) is 5.00. The van der Waals surface area contributed by atoms with Gasteiger partial charge in [0.2, 0.25) is 5.91 Å². The van der Waals surface area contributed by atoms with Gasteiger partial charge >= 0.3 is 0 Å². The van der Waals surface area contributed by atoms with Gasteiger partial charge in [0.05, 0.1) is 11.3 Å². The monoisotopic (exact) mass is 281 g/mol. The predicted octanol–water partition coefficient (Wildman–Crippen LogP) is 3.11. The number of carbonyl (C=O) groups is 1. The molecule has 0 spiro atoms. The summed E-state index contributed by atoms with van der Waals surface area (Å²) in [5, 5.41) is 11.7. The lowest BCUT2D eigenvalue weighted by Crippen LogP contribution is -2.13. The van der Waals surface area contributed by atoms with Crippen molar-refractivity contribution in [3.8, 4) is 17.3 Å². The van der Waals surface area contributed by atoms with Crippen LogP contribution in [-0.4, -0.2) is 10.9 Å². The fourth-order valence-electron chi connectivity index (χ4n) is 2.03. The second kappa shape index (κ2) is 5.33. The molecule has 1 aromatic carbocycles. The second-order valence-corrected chi connectivity index (χ2v) is 5.00. The lowest BCUT2D eigenvalue weighted by Gasteiger charge is -2.07. The van der Waals surface area contributed by atoms with Crippen LogP contribution in [-0.2, 0) is 4.79 Å². The molecule has 0 saturated heterocycles. The first-order valence-electron chi connectivity index (χ1n) is 6.64. The molecular weight excluding hydrogens is 269 g/mol. The van der Waals surface area contributed by atoms with Gasteiger partial charge in [0.1, 0.15) is 11.9 Å². The minimum atomic E-state index is -0.556. The Balaban J connectivity index is 1.88. The van der Waals surface area contributed by atoms with E-state index in [1.807, 2.05) is 0 Å². The Morgan fingerprint density at radius 1 is 1.33 bits per heavy atom. The van der Waals surface area contributed by atoms with Crippen LogP contribution in [0, 0.1) is 23.1 Å². The van der Waals surface area contributed by atoms with Crippen molar-refractivity contribution in [3.63, 3.8) is 0 Å². The van der Waals surface area contributed by atoms with Crippen LogP contribution in [0.25, 0.3) is 11.3 Å². The number of pyridine rings is 1. The van der Waals surface area contributed by atoms with Crippen LogP contribution >= 0.6 is 0 Å². The molecule has 3 rings (SSSR count). The van der Waals surface area contributed by atoms with Crippen molar-refractivity contribution < 1.29 is 9.18 Å². The van der Waals surface area contributed by atoms with Crippen LogP contribution in [0.5, 0.6) is 0 Å². The summed E-state index contributed by atoms with van der Waals surface area (Å²) < 4.78 is 13.3. The van der Waals surface area contributed by atoms with Crippen LogP contribution in [0.15, 0.2) is 36.5 Å². The Hall–Kier alpha value is -2.74. The molecule has 0 radical (unpaired) electrons. The number of benzene rings is 1. The van der Waals surface area contributed by atoms with Crippen molar-refractivity contribution in [1.82, 2.24) is 4.98 Å². The zero-order valence-electron chi connectivity index (χ0n) is 11.1. The van der Waals surface area contributed by atoms with E-state index in [0.29, 0.717) is 16.9 Å². The maximum Gasteiger partial charge on any atom is 0.227 e. The standard InChI is InChI=1S/C16H12FN3O/c17-14-4-3-11(7-12(14)9-18)15-8-13(5-6-19-15)20-16(21)10-1-2-10/h3-8,10H,1-2H2,(H,19,20,21). The van der Waals surface area contributed by atoms with Gasteiger partial charge < -0.3 is 5.32 Å². The number of nitrogens with zero attached hydrogens (tertiary/aromatic N) is 2. The Morgan fingerprint density at radius 3 is 2.86 bits per heavy atom. The zero-order valence-corrected chi connectivity index (χ0v) is 11.1. The summed E-state index contributed by atoms with van der Waals surface area (Å²) in [5.41, 5.74) is 1.84. The summed E-state index contributed by atoms with van der Waals surface area (Å²) in [7, 11) is 0. The molecule has 0 atom stereocenters. The van der Waals surface area contributed by atoms with E-state index < -0.39 is 5.82 Å². The van der Waals surface area contributed by atoms with Gasteiger partial charge in [-0.2, -0.15) is 5.26 Å². The fourth-order valence-corrected chi connectivity index (χ4v) is 2.03. The van der Waals surface area contributed by atoms with E-state index in [2.05, 4.69) is 10.3 Å². The molecule has 1 N–H and O–H groups in total. The number of halogens is 1. The molecule has 104 valence electrons. The number of anilines is 1. The highest BCUT2D eigenvalue weighted by atomic mass is 19.1. The Labute approximate surface area is 121 Å². The van der Waals surface area contributed by atoms with Crippen molar-refractivity contribution in [3.05, 3.63) is 47.9 Å². The van der Waals surface area contributed by atoms with Gasteiger partial charge in [0.25, 0.3) is 0 Å². The normalized spacial score (nSPS) is 13.5. The fraction of sp³-hybridized carbons (Fsp3) is 0.188. The SMILES string of the molecule is N#Cc1cc(-c2cc(NC(=O)C3CC3)ccn2)ccc1F. The molecule has 1 amide bonds. The number of carbonyl (C=O) groups excluding carboxylic acids is 1. The van der Waals surface area contributed by atoms with Gasteiger partial charge in [-0.25, -0.2) is 4.39 Å². The highest BCUT2D eigenvalue weighted by Crippen LogP contribution is 2.30. The maximum absolute atomic E-state index is 13.3. The van der Waals surface area contributed by atoms with E-state index in [1.165, 1.54) is 12.1 Å². The van der Waals surface area contributed by atoms with Gasteiger partial charge in [0, 0.05) is 23.4 Å². The maximum atomic E-state index is 13.3. The molecule has 0 unspecified atom stereocenters. The first-order valence-corrected chi connectivity index (χ1v) is 6.64. The molecule has 0 bridgehead atoms. The van der Waals surface area contributed by atoms with Crippen LogP contribution < -0.4 is 5.32 Å². The summed E-state index contributed by atoms with van der Waals surface area (Å²) >= 11 is 0. The molecule has 4 nitrogen and oxygen atoms in total. The summed E-state index contributed by atoms with van der Waals surface area (Å²) in [6, 6.07) is 9.48. The first-order chi connectivity index (χ1) is 10.2. The molecule has 1 heterocycles. The highest BCUT2D eigenvalue weighted by Gasteiger charge is 2.29. The number of nitrogens with one attached hydrogen (secondary N) is 1. The summed E-state index contributed by atoms with van der Waals surface area (Å²) in [6.07, 6.45) is 3.45. The Morgan fingerprint density at radius 2 is 2.14 bits per heavy atom.